The highest BCUT2D eigenvalue weighted by atomic mass is 19.1. The second-order valence-corrected chi connectivity index (χ2v) is 6.30. The maximum Gasteiger partial charge on any atom is 0.300 e. The molecule has 0 saturated carbocycles. The molecule has 3 aromatic rings. The lowest BCUT2D eigenvalue weighted by molar-refractivity contribution is -0.111. The molecule has 0 bridgehead atoms. The van der Waals surface area contributed by atoms with E-state index in [4.69, 9.17) is 6.42 Å². The van der Waals surface area contributed by atoms with Gasteiger partial charge in [-0.25, -0.2) is 4.39 Å². The van der Waals surface area contributed by atoms with Gasteiger partial charge in [-0.2, -0.15) is 0 Å². The zero-order valence-corrected chi connectivity index (χ0v) is 15.9. The maximum atomic E-state index is 13.2. The molecule has 0 fully saturated rings. The average molecular weight is 396 g/mol. The molecule has 0 atom stereocenters. The van der Waals surface area contributed by atoms with Crippen molar-refractivity contribution in [2.45, 2.75) is 0 Å². The van der Waals surface area contributed by atoms with Crippen LogP contribution in [0.4, 0.5) is 27.1 Å². The van der Waals surface area contributed by atoms with E-state index in [-0.39, 0.29) is 15.7 Å². The fourth-order valence-electron chi connectivity index (χ4n) is 2.86. The summed E-state index contributed by atoms with van der Waals surface area (Å²) in [5.41, 5.74) is 3.61. The molecule has 1 heterocycles. The van der Waals surface area contributed by atoms with Crippen LogP contribution in [0.5, 0.6) is 0 Å². The Bertz CT molecular complexity index is 1180. The van der Waals surface area contributed by atoms with Crippen LogP contribution in [0.1, 0.15) is 4.28 Å². The Balaban J connectivity index is 0.00000320. The molecule has 6 nitrogen and oxygen atoms in total. The second kappa shape index (κ2) is 8.31. The van der Waals surface area contributed by atoms with Gasteiger partial charge >= 0.3 is 0 Å². The number of terminal acetylenes is 1. The summed E-state index contributed by atoms with van der Waals surface area (Å²) in [6.45, 7) is 0. The zero-order valence-electron chi connectivity index (χ0n) is 15.9. The number of carbonyl (C=O) groups is 1. The Morgan fingerprint density at radius 1 is 1.10 bits per heavy atom. The van der Waals surface area contributed by atoms with Crippen molar-refractivity contribution in [1.82, 2.24) is 4.57 Å². The van der Waals surface area contributed by atoms with Crippen LogP contribution in [0.3, 0.4) is 0 Å². The van der Waals surface area contributed by atoms with Gasteiger partial charge in [-0.05, 0) is 54.5 Å². The Morgan fingerprint density at radius 2 is 1.79 bits per heavy atom. The smallest absolute Gasteiger partial charge is 0.300 e. The van der Waals surface area contributed by atoms with Crippen molar-refractivity contribution in [3.8, 4) is 23.5 Å². The summed E-state index contributed by atoms with van der Waals surface area (Å²) in [5, 5.41) is 8.74. The summed E-state index contributed by atoms with van der Waals surface area (Å²) >= 11 is 0. The molecule has 2 aromatic carbocycles. The van der Waals surface area contributed by atoms with Crippen molar-refractivity contribution >= 4 is 28.7 Å². The molecule has 0 aliphatic rings. The molecule has 0 spiro atoms. The van der Waals surface area contributed by atoms with E-state index in [2.05, 4.69) is 16.0 Å². The van der Waals surface area contributed by atoms with Crippen LogP contribution in [-0.4, -0.2) is 17.5 Å². The zero-order chi connectivity index (χ0) is 21.0. The lowest BCUT2D eigenvalue weighted by Crippen LogP contribution is -2.19. The minimum atomic E-state index is -0.563. The van der Waals surface area contributed by atoms with Crippen molar-refractivity contribution in [2.75, 3.05) is 23.0 Å². The number of halogens is 1. The molecule has 152 valence electrons. The van der Waals surface area contributed by atoms with Crippen molar-refractivity contribution < 1.29 is 13.5 Å². The Kier molecular flexibility index (Phi) is 5.65. The number of pyridine rings is 1. The van der Waals surface area contributed by atoms with Gasteiger partial charge in [-0.1, -0.05) is 0 Å². The Labute approximate surface area is 171 Å². The highest BCUT2D eigenvalue weighted by Crippen LogP contribution is 2.33. The van der Waals surface area contributed by atoms with E-state index >= 15 is 0 Å². The molecule has 1 aromatic heterocycles. The SMILES string of the molecule is C#CC(=O)Nc1ccc(Nc2ccc(F)cc2)c(-c2cc(NC)c(=O)n(C)c2)c1.[HH].[HH].[HH]. The molecule has 7 heteroatoms. The van der Waals surface area contributed by atoms with Crippen LogP contribution in [0.25, 0.3) is 11.1 Å². The van der Waals surface area contributed by atoms with Gasteiger partial charge in [0.25, 0.3) is 11.5 Å². The van der Waals surface area contributed by atoms with Gasteiger partial charge in [-0.3, -0.25) is 9.59 Å². The van der Waals surface area contributed by atoms with E-state index in [0.717, 1.165) is 11.1 Å². The molecular weight excluding hydrogens is 371 g/mol. The van der Waals surface area contributed by atoms with Gasteiger partial charge in [0.05, 0.1) is 0 Å². The number of amides is 1. The molecule has 3 rings (SSSR count). The minimum Gasteiger partial charge on any atom is -0.384 e. The Morgan fingerprint density at radius 3 is 2.45 bits per heavy atom. The van der Waals surface area contributed by atoms with Crippen LogP contribution in [0, 0.1) is 18.2 Å². The van der Waals surface area contributed by atoms with E-state index in [1.807, 2.05) is 5.92 Å². The molecule has 0 aliphatic heterocycles. The third-order valence-corrected chi connectivity index (χ3v) is 4.30. The molecule has 29 heavy (non-hydrogen) atoms. The first-order chi connectivity index (χ1) is 13.9. The van der Waals surface area contributed by atoms with E-state index in [9.17, 15) is 14.0 Å². The highest BCUT2D eigenvalue weighted by molar-refractivity contribution is 6.04. The normalized spacial score (nSPS) is 10.1. The summed E-state index contributed by atoms with van der Waals surface area (Å²) in [5.74, 6) is 1.11. The molecule has 0 radical (unpaired) electrons. The van der Waals surface area contributed by atoms with Gasteiger partial charge < -0.3 is 20.5 Å². The van der Waals surface area contributed by atoms with E-state index < -0.39 is 5.91 Å². The number of rotatable bonds is 5. The lowest BCUT2D eigenvalue weighted by Gasteiger charge is -2.16. The van der Waals surface area contributed by atoms with Crippen molar-refractivity contribution in [1.29, 1.82) is 0 Å². The van der Waals surface area contributed by atoms with E-state index in [1.54, 1.807) is 56.7 Å². The fraction of sp³-hybridized carbons (Fsp3) is 0.0909. The first kappa shape index (κ1) is 19.7. The molecule has 0 saturated heterocycles. The van der Waals surface area contributed by atoms with Crippen LogP contribution in [-0.2, 0) is 11.8 Å². The number of carbonyl (C=O) groups excluding carboxylic acids is 1. The van der Waals surface area contributed by atoms with Gasteiger partial charge in [0.1, 0.15) is 11.5 Å². The maximum absolute atomic E-state index is 13.2. The molecule has 1 amide bonds. The third-order valence-electron chi connectivity index (χ3n) is 4.30. The first-order valence-corrected chi connectivity index (χ1v) is 8.74. The van der Waals surface area contributed by atoms with Crippen molar-refractivity contribution in [3.05, 3.63) is 70.9 Å². The van der Waals surface area contributed by atoms with Crippen molar-refractivity contribution in [2.24, 2.45) is 7.05 Å². The van der Waals surface area contributed by atoms with Gasteiger partial charge in [0, 0.05) is 52.8 Å². The topological polar surface area (TPSA) is 75.2 Å². The number of nitrogens with zero attached hydrogens (tertiary/aromatic N) is 1. The average Bonchev–Trinajstić information content (AvgIpc) is 2.72. The number of hydrogen-bond donors (Lipinski definition) is 3. The summed E-state index contributed by atoms with van der Waals surface area (Å²) in [4.78, 5) is 23.8. The van der Waals surface area contributed by atoms with E-state index in [1.165, 1.54) is 16.7 Å². The lowest BCUT2D eigenvalue weighted by atomic mass is 10.0. The van der Waals surface area contributed by atoms with Gasteiger partial charge in [-0.15, -0.1) is 6.42 Å². The van der Waals surface area contributed by atoms with Crippen molar-refractivity contribution in [3.63, 3.8) is 0 Å². The molecular formula is C22H25FN4O2. The van der Waals surface area contributed by atoms with Crippen LogP contribution >= 0.6 is 0 Å². The monoisotopic (exact) mass is 396 g/mol. The number of aromatic nitrogens is 1. The van der Waals surface area contributed by atoms with Crippen LogP contribution < -0.4 is 21.5 Å². The molecule has 0 unspecified atom stereocenters. The predicted octanol–water partition coefficient (Wildman–Crippen LogP) is 4.29. The summed E-state index contributed by atoms with van der Waals surface area (Å²) in [7, 11) is 3.32. The largest absolute Gasteiger partial charge is 0.384 e. The number of nitrogens with one attached hydrogen (secondary N) is 3. The number of benzene rings is 2. The number of anilines is 4. The molecule has 0 aliphatic carbocycles. The Hall–Kier alpha value is -4.05. The second-order valence-electron chi connectivity index (χ2n) is 6.30. The van der Waals surface area contributed by atoms with Crippen LogP contribution in [0.2, 0.25) is 0 Å². The van der Waals surface area contributed by atoms with Gasteiger partial charge in [0.2, 0.25) is 0 Å². The number of aryl methyl sites for hydroxylation is 1. The predicted molar refractivity (Wildman–Crippen MR) is 120 cm³/mol. The number of hydrogen-bond acceptors (Lipinski definition) is 4. The third kappa shape index (κ3) is 4.45. The first-order valence-electron chi connectivity index (χ1n) is 8.74. The van der Waals surface area contributed by atoms with E-state index in [0.29, 0.717) is 22.7 Å². The summed E-state index contributed by atoms with van der Waals surface area (Å²) in [6.07, 6.45) is 6.83. The minimum absolute atomic E-state index is 0. The molecule has 3 N–H and O–H groups in total. The highest BCUT2D eigenvalue weighted by Gasteiger charge is 2.12. The fourth-order valence-corrected chi connectivity index (χ4v) is 2.86. The summed E-state index contributed by atoms with van der Waals surface area (Å²) < 4.78 is 14.7. The standard InChI is InChI=1S/C22H19FN4O2.3H2/c1-4-21(28)26-17-9-10-19(25-16-7-5-15(23)6-8-16)18(12-17)14-11-20(24-2)22(29)27(3)13-14;;;/h1,5-13,24-25H,2-3H3,(H,26,28);3*1H. The van der Waals surface area contributed by atoms with Crippen LogP contribution in [0.15, 0.2) is 59.5 Å². The summed E-state index contributed by atoms with van der Waals surface area (Å²) in [6, 6.07) is 12.9. The quantitative estimate of drug-likeness (QED) is 0.563. The van der Waals surface area contributed by atoms with Gasteiger partial charge in [0.15, 0.2) is 0 Å².